The number of carbonyl (C=O) groups is 2. The van der Waals surface area contributed by atoms with Gasteiger partial charge >= 0.3 is 0 Å². The Hall–Kier alpha value is -2.17. The standard InChI is InChI=1S/C26H35N3O2/c1-16(24(31)28-17-10-14-27-15-11-17)19-5-6-20-18-4-7-22-26(3,13-9-23(30)29-22)21(18)8-12-25(19,20)2/h9-11,13-16,18-22H,4-8,12H2,1-3H3,(H,29,30)(H,27,28,31)/t16?,18-,19+,20-,21-,22+,25+,26+/m0/s1. The smallest absolute Gasteiger partial charge is 0.243 e. The van der Waals surface area contributed by atoms with E-state index in [1.54, 1.807) is 18.5 Å². The Bertz CT molecular complexity index is 899. The molecule has 0 spiro atoms. The zero-order chi connectivity index (χ0) is 21.8. The third-order valence-corrected chi connectivity index (χ3v) is 9.72. The maximum absolute atomic E-state index is 13.1. The van der Waals surface area contributed by atoms with E-state index in [1.165, 1.54) is 25.7 Å². The van der Waals surface area contributed by atoms with Gasteiger partial charge in [-0.3, -0.25) is 14.6 Å². The van der Waals surface area contributed by atoms with E-state index in [0.717, 1.165) is 18.5 Å². The number of pyridine rings is 1. The van der Waals surface area contributed by atoms with Crippen LogP contribution in [0.4, 0.5) is 5.69 Å². The fourth-order valence-electron chi connectivity index (χ4n) is 8.07. The molecule has 2 heterocycles. The maximum Gasteiger partial charge on any atom is 0.243 e. The van der Waals surface area contributed by atoms with Gasteiger partial charge in [-0.15, -0.1) is 0 Å². The van der Waals surface area contributed by atoms with Gasteiger partial charge in [-0.1, -0.05) is 26.8 Å². The average molecular weight is 422 g/mol. The predicted octanol–water partition coefficient (Wildman–Crippen LogP) is 4.57. The summed E-state index contributed by atoms with van der Waals surface area (Å²) in [5.41, 5.74) is 1.12. The fraction of sp³-hybridized carbons (Fsp3) is 0.654. The van der Waals surface area contributed by atoms with Gasteiger partial charge in [-0.2, -0.15) is 0 Å². The Morgan fingerprint density at radius 3 is 2.68 bits per heavy atom. The average Bonchev–Trinajstić information content (AvgIpc) is 3.11. The van der Waals surface area contributed by atoms with Crippen molar-refractivity contribution in [2.24, 2.45) is 40.4 Å². The molecular formula is C26H35N3O2. The second-order valence-corrected chi connectivity index (χ2v) is 11.0. The highest BCUT2D eigenvalue weighted by atomic mass is 16.2. The molecule has 166 valence electrons. The minimum absolute atomic E-state index is 0.000468. The predicted molar refractivity (Wildman–Crippen MR) is 121 cm³/mol. The number of nitrogens with zero attached hydrogens (tertiary/aromatic N) is 1. The Balaban J connectivity index is 1.35. The van der Waals surface area contributed by atoms with Crippen LogP contribution in [0.5, 0.6) is 0 Å². The quantitative estimate of drug-likeness (QED) is 0.751. The SMILES string of the molecule is CC(C(=O)Nc1ccncc1)[C@H]1CC[C@H]2[C@@H]3CC[C@H]4NC(=O)C=C[C@]4(C)[C@H]3CC[C@]12C. The van der Waals surface area contributed by atoms with Crippen LogP contribution in [-0.4, -0.2) is 22.8 Å². The van der Waals surface area contributed by atoms with Gasteiger partial charge in [0.25, 0.3) is 0 Å². The van der Waals surface area contributed by atoms with Crippen molar-refractivity contribution in [1.29, 1.82) is 0 Å². The lowest BCUT2D eigenvalue weighted by atomic mass is 9.47. The molecule has 0 aromatic carbocycles. The van der Waals surface area contributed by atoms with E-state index in [9.17, 15) is 9.59 Å². The number of rotatable bonds is 3. The van der Waals surface area contributed by atoms with E-state index in [4.69, 9.17) is 0 Å². The molecule has 0 radical (unpaired) electrons. The monoisotopic (exact) mass is 421 g/mol. The van der Waals surface area contributed by atoms with Crippen LogP contribution in [0.15, 0.2) is 36.7 Å². The second-order valence-electron chi connectivity index (χ2n) is 11.0. The van der Waals surface area contributed by atoms with Crippen LogP contribution in [0.1, 0.15) is 59.3 Å². The summed E-state index contributed by atoms with van der Waals surface area (Å²) in [5, 5.41) is 6.35. The van der Waals surface area contributed by atoms with Crippen molar-refractivity contribution < 1.29 is 9.59 Å². The van der Waals surface area contributed by atoms with Gasteiger partial charge in [0.1, 0.15) is 0 Å². The number of anilines is 1. The van der Waals surface area contributed by atoms with Crippen molar-refractivity contribution in [2.45, 2.75) is 65.3 Å². The van der Waals surface area contributed by atoms with Crippen LogP contribution in [0.2, 0.25) is 0 Å². The molecule has 31 heavy (non-hydrogen) atoms. The molecule has 1 aliphatic heterocycles. The summed E-state index contributed by atoms with van der Waals surface area (Å²) < 4.78 is 0. The summed E-state index contributed by atoms with van der Waals surface area (Å²) in [5.74, 6) is 2.62. The molecule has 5 nitrogen and oxygen atoms in total. The normalized spacial score (nSPS) is 42.0. The Morgan fingerprint density at radius 1 is 1.13 bits per heavy atom. The molecule has 0 bridgehead atoms. The molecule has 2 N–H and O–H groups in total. The van der Waals surface area contributed by atoms with Crippen LogP contribution in [0.25, 0.3) is 0 Å². The van der Waals surface area contributed by atoms with E-state index in [0.29, 0.717) is 23.7 Å². The molecule has 1 aromatic rings. The summed E-state index contributed by atoms with van der Waals surface area (Å²) in [7, 11) is 0. The van der Waals surface area contributed by atoms with Crippen LogP contribution >= 0.6 is 0 Å². The first-order chi connectivity index (χ1) is 14.8. The molecular weight excluding hydrogens is 386 g/mol. The van der Waals surface area contributed by atoms with Gasteiger partial charge in [0.2, 0.25) is 11.8 Å². The van der Waals surface area contributed by atoms with Gasteiger partial charge in [0.05, 0.1) is 0 Å². The lowest BCUT2D eigenvalue weighted by Gasteiger charge is -2.59. The molecule has 2 amide bonds. The lowest BCUT2D eigenvalue weighted by molar-refractivity contribution is -0.126. The Labute approximate surface area is 185 Å². The Morgan fingerprint density at radius 2 is 1.90 bits per heavy atom. The van der Waals surface area contributed by atoms with E-state index in [1.807, 2.05) is 12.1 Å². The first-order valence-electron chi connectivity index (χ1n) is 12.0. The molecule has 5 rings (SSSR count). The van der Waals surface area contributed by atoms with Crippen molar-refractivity contribution >= 4 is 17.5 Å². The summed E-state index contributed by atoms with van der Waals surface area (Å²) in [6, 6.07) is 3.98. The zero-order valence-electron chi connectivity index (χ0n) is 18.9. The molecule has 8 atom stereocenters. The summed E-state index contributed by atoms with van der Waals surface area (Å²) >= 11 is 0. The van der Waals surface area contributed by atoms with E-state index >= 15 is 0 Å². The number of amides is 2. The Kier molecular flexibility index (Phi) is 4.98. The van der Waals surface area contributed by atoms with Gasteiger partial charge in [-0.25, -0.2) is 0 Å². The van der Waals surface area contributed by atoms with Crippen molar-refractivity contribution in [1.82, 2.24) is 10.3 Å². The number of carbonyl (C=O) groups excluding carboxylic acids is 2. The second kappa shape index (κ2) is 7.46. The fourth-order valence-corrected chi connectivity index (χ4v) is 8.07. The zero-order valence-corrected chi connectivity index (χ0v) is 18.9. The van der Waals surface area contributed by atoms with Gasteiger partial charge in [-0.05, 0) is 85.8 Å². The van der Waals surface area contributed by atoms with Gasteiger partial charge < -0.3 is 10.6 Å². The van der Waals surface area contributed by atoms with Crippen LogP contribution < -0.4 is 10.6 Å². The first-order valence-corrected chi connectivity index (χ1v) is 12.0. The van der Waals surface area contributed by atoms with E-state index < -0.39 is 0 Å². The number of hydrogen-bond acceptors (Lipinski definition) is 3. The highest BCUT2D eigenvalue weighted by Crippen LogP contribution is 2.66. The number of aromatic nitrogens is 1. The largest absolute Gasteiger partial charge is 0.349 e. The van der Waals surface area contributed by atoms with Gasteiger partial charge in [0.15, 0.2) is 0 Å². The topological polar surface area (TPSA) is 71.1 Å². The van der Waals surface area contributed by atoms with Crippen LogP contribution in [0.3, 0.4) is 0 Å². The molecule has 3 fully saturated rings. The van der Waals surface area contributed by atoms with Crippen molar-refractivity contribution in [3.63, 3.8) is 0 Å². The lowest BCUT2D eigenvalue weighted by Crippen LogP contribution is -2.59. The third kappa shape index (κ3) is 3.23. The minimum Gasteiger partial charge on any atom is -0.349 e. The van der Waals surface area contributed by atoms with Crippen LogP contribution in [-0.2, 0) is 9.59 Å². The molecule has 1 aromatic heterocycles. The number of hydrogen-bond donors (Lipinski definition) is 2. The van der Waals surface area contributed by atoms with Crippen molar-refractivity contribution in [2.75, 3.05) is 5.32 Å². The van der Waals surface area contributed by atoms with Gasteiger partial charge in [0, 0.05) is 35.5 Å². The summed E-state index contributed by atoms with van der Waals surface area (Å²) in [6.45, 7) is 6.96. The highest BCUT2D eigenvalue weighted by molar-refractivity contribution is 5.92. The molecule has 1 unspecified atom stereocenters. The summed E-state index contributed by atoms with van der Waals surface area (Å²) in [6.07, 6.45) is 14.4. The molecule has 5 heteroatoms. The number of fused-ring (bicyclic) bond motifs is 5. The molecule has 4 aliphatic rings. The molecule has 0 saturated heterocycles. The van der Waals surface area contributed by atoms with E-state index in [-0.39, 0.29) is 34.6 Å². The molecule has 3 saturated carbocycles. The summed E-state index contributed by atoms with van der Waals surface area (Å²) in [4.78, 5) is 29.1. The van der Waals surface area contributed by atoms with Crippen molar-refractivity contribution in [3.05, 3.63) is 36.7 Å². The maximum atomic E-state index is 13.1. The van der Waals surface area contributed by atoms with Crippen LogP contribution in [0, 0.1) is 40.4 Å². The van der Waals surface area contributed by atoms with Crippen molar-refractivity contribution in [3.8, 4) is 0 Å². The highest BCUT2D eigenvalue weighted by Gasteiger charge is 2.60. The van der Waals surface area contributed by atoms with E-state index in [2.05, 4.69) is 42.5 Å². The third-order valence-electron chi connectivity index (χ3n) is 9.72. The number of nitrogens with one attached hydrogen (secondary N) is 2. The molecule has 3 aliphatic carbocycles. The first kappa shape index (κ1) is 20.7. The minimum atomic E-state index is 0.000468.